The fourth-order valence-electron chi connectivity index (χ4n) is 1.39. The van der Waals surface area contributed by atoms with Crippen molar-refractivity contribution in [2.75, 3.05) is 7.11 Å². The van der Waals surface area contributed by atoms with E-state index in [2.05, 4.69) is 0 Å². The van der Waals surface area contributed by atoms with E-state index < -0.39 is 28.7 Å². The molecule has 2 unspecified atom stereocenters. The first-order valence-corrected chi connectivity index (χ1v) is 4.86. The van der Waals surface area contributed by atoms with Crippen LogP contribution < -0.4 is 10.5 Å². The Kier molecular flexibility index (Phi) is 4.18. The van der Waals surface area contributed by atoms with Gasteiger partial charge in [-0.3, -0.25) is 14.9 Å². The number of aliphatic hydroxyl groups is 2. The first-order chi connectivity index (χ1) is 8.38. The monoisotopic (exact) mass is 256 g/mol. The van der Waals surface area contributed by atoms with Crippen molar-refractivity contribution in [3.8, 4) is 5.75 Å². The summed E-state index contributed by atoms with van der Waals surface area (Å²) < 4.78 is 4.85. The lowest BCUT2D eigenvalue weighted by Crippen LogP contribution is -2.34. The highest BCUT2D eigenvalue weighted by Gasteiger charge is 2.30. The van der Waals surface area contributed by atoms with Crippen LogP contribution in [0.3, 0.4) is 0 Å². The average molecular weight is 256 g/mol. The molecule has 1 aromatic carbocycles. The van der Waals surface area contributed by atoms with Gasteiger partial charge < -0.3 is 20.7 Å². The van der Waals surface area contributed by atoms with Crippen LogP contribution in [0.1, 0.15) is 11.7 Å². The van der Waals surface area contributed by atoms with E-state index in [1.807, 2.05) is 0 Å². The summed E-state index contributed by atoms with van der Waals surface area (Å²) in [5.74, 6) is -0.939. The summed E-state index contributed by atoms with van der Waals surface area (Å²) in [7, 11) is 1.34. The summed E-state index contributed by atoms with van der Waals surface area (Å²) in [4.78, 5) is 20.8. The van der Waals surface area contributed by atoms with E-state index in [9.17, 15) is 25.1 Å². The minimum Gasteiger partial charge on any atom is -0.497 e. The predicted molar refractivity (Wildman–Crippen MR) is 59.8 cm³/mol. The fraction of sp³-hybridized carbons (Fsp3) is 0.300. The Morgan fingerprint density at radius 3 is 2.56 bits per heavy atom. The van der Waals surface area contributed by atoms with Gasteiger partial charge in [0.05, 0.1) is 17.6 Å². The lowest BCUT2D eigenvalue weighted by Gasteiger charge is -2.15. The molecule has 18 heavy (non-hydrogen) atoms. The number of nitro groups is 1. The lowest BCUT2D eigenvalue weighted by atomic mass is 10.0. The van der Waals surface area contributed by atoms with Crippen LogP contribution in [0, 0.1) is 10.1 Å². The molecule has 0 fully saturated rings. The Labute approximate surface area is 102 Å². The van der Waals surface area contributed by atoms with Crippen LogP contribution in [0.5, 0.6) is 5.75 Å². The molecule has 0 saturated heterocycles. The topological polar surface area (TPSA) is 136 Å². The Bertz CT molecular complexity index is 475. The number of nitrogens with two attached hydrogens (primary N) is 1. The molecule has 8 heteroatoms. The number of hydrogen-bond donors (Lipinski definition) is 3. The van der Waals surface area contributed by atoms with Gasteiger partial charge >= 0.3 is 0 Å². The summed E-state index contributed by atoms with van der Waals surface area (Å²) in [5, 5.41) is 29.8. The third-order valence-electron chi connectivity index (χ3n) is 2.34. The van der Waals surface area contributed by atoms with Crippen molar-refractivity contribution in [1.29, 1.82) is 0 Å². The number of amides is 1. The molecule has 0 aliphatic heterocycles. The normalized spacial score (nSPS) is 13.7. The summed E-state index contributed by atoms with van der Waals surface area (Å²) in [6, 6.07) is 3.59. The summed E-state index contributed by atoms with van der Waals surface area (Å²) in [6.45, 7) is 0. The van der Waals surface area contributed by atoms with Crippen LogP contribution in [0.2, 0.25) is 0 Å². The van der Waals surface area contributed by atoms with Gasteiger partial charge in [0, 0.05) is 6.07 Å². The lowest BCUT2D eigenvalue weighted by molar-refractivity contribution is -0.386. The maximum Gasteiger partial charge on any atom is 0.275 e. The number of aliphatic hydroxyl groups excluding tert-OH is 2. The van der Waals surface area contributed by atoms with Gasteiger partial charge in [0.1, 0.15) is 11.9 Å². The van der Waals surface area contributed by atoms with E-state index >= 15 is 0 Å². The van der Waals surface area contributed by atoms with Gasteiger partial charge in [0.15, 0.2) is 6.10 Å². The van der Waals surface area contributed by atoms with Gasteiger partial charge in [-0.1, -0.05) is 0 Å². The number of nitro benzene ring substituents is 1. The molecule has 0 aromatic heterocycles. The first-order valence-electron chi connectivity index (χ1n) is 4.86. The van der Waals surface area contributed by atoms with Gasteiger partial charge in [-0.15, -0.1) is 0 Å². The van der Waals surface area contributed by atoms with Crippen molar-refractivity contribution < 1.29 is 24.7 Å². The smallest absolute Gasteiger partial charge is 0.275 e. The van der Waals surface area contributed by atoms with Crippen molar-refractivity contribution in [3.63, 3.8) is 0 Å². The van der Waals surface area contributed by atoms with Crippen LogP contribution in [-0.4, -0.2) is 34.3 Å². The Balaban J connectivity index is 3.26. The van der Waals surface area contributed by atoms with Crippen LogP contribution in [0.25, 0.3) is 0 Å². The second-order valence-electron chi connectivity index (χ2n) is 3.47. The standard InChI is InChI=1S/C10H12N2O6/c1-18-5-2-3-7(12(16)17)6(4-5)8(13)9(14)10(11)15/h2-4,8-9,13-14H,1H3,(H2,11,15). The van der Waals surface area contributed by atoms with Crippen molar-refractivity contribution >= 4 is 11.6 Å². The quantitative estimate of drug-likeness (QED) is 0.479. The van der Waals surface area contributed by atoms with Gasteiger partial charge in [0.2, 0.25) is 5.91 Å². The molecule has 1 rings (SSSR count). The number of nitrogens with zero attached hydrogens (tertiary/aromatic N) is 1. The second-order valence-corrected chi connectivity index (χ2v) is 3.47. The minimum atomic E-state index is -1.93. The number of rotatable bonds is 5. The average Bonchev–Trinajstić information content (AvgIpc) is 2.35. The zero-order chi connectivity index (χ0) is 13.9. The molecule has 1 aromatic rings. The maximum atomic E-state index is 10.8. The van der Waals surface area contributed by atoms with Crippen LogP contribution in [-0.2, 0) is 4.79 Å². The number of carbonyl (C=O) groups is 1. The van der Waals surface area contributed by atoms with Crippen molar-refractivity contribution in [2.45, 2.75) is 12.2 Å². The van der Waals surface area contributed by atoms with Gasteiger partial charge in [-0.05, 0) is 12.1 Å². The summed E-state index contributed by atoms with van der Waals surface area (Å²) in [6.07, 6.45) is -3.73. The number of hydrogen-bond acceptors (Lipinski definition) is 6. The number of methoxy groups -OCH3 is 1. The number of ether oxygens (including phenoxy) is 1. The largest absolute Gasteiger partial charge is 0.497 e. The second kappa shape index (κ2) is 5.43. The zero-order valence-corrected chi connectivity index (χ0v) is 9.44. The molecule has 0 saturated carbocycles. The highest BCUT2D eigenvalue weighted by atomic mass is 16.6. The van der Waals surface area contributed by atoms with Gasteiger partial charge in [-0.25, -0.2) is 0 Å². The summed E-state index contributed by atoms with van der Waals surface area (Å²) >= 11 is 0. The van der Waals surface area contributed by atoms with Gasteiger partial charge in [0.25, 0.3) is 5.69 Å². The molecule has 4 N–H and O–H groups in total. The van der Waals surface area contributed by atoms with Crippen LogP contribution >= 0.6 is 0 Å². The third-order valence-corrected chi connectivity index (χ3v) is 2.34. The fourth-order valence-corrected chi connectivity index (χ4v) is 1.39. The molecule has 8 nitrogen and oxygen atoms in total. The Morgan fingerprint density at radius 2 is 2.11 bits per heavy atom. The van der Waals surface area contributed by atoms with E-state index in [0.29, 0.717) is 0 Å². The van der Waals surface area contributed by atoms with E-state index in [1.54, 1.807) is 0 Å². The molecule has 0 heterocycles. The SMILES string of the molecule is COc1ccc([N+](=O)[O-])c(C(O)C(O)C(N)=O)c1. The molecule has 1 amide bonds. The predicted octanol–water partition coefficient (Wildman–Crippen LogP) is -0.517. The zero-order valence-electron chi connectivity index (χ0n) is 9.44. The van der Waals surface area contributed by atoms with Crippen molar-refractivity contribution in [1.82, 2.24) is 0 Å². The molecular weight excluding hydrogens is 244 g/mol. The third kappa shape index (κ3) is 2.73. The van der Waals surface area contributed by atoms with Crippen LogP contribution in [0.4, 0.5) is 5.69 Å². The Hall–Kier alpha value is -2.19. The first kappa shape index (κ1) is 13.9. The molecule has 0 radical (unpaired) electrons. The molecule has 2 atom stereocenters. The van der Waals surface area contributed by atoms with E-state index in [1.165, 1.54) is 13.2 Å². The maximum absolute atomic E-state index is 10.8. The minimum absolute atomic E-state index is 0.242. The molecule has 0 bridgehead atoms. The molecular formula is C10H12N2O6. The van der Waals surface area contributed by atoms with Crippen molar-refractivity contribution in [2.24, 2.45) is 5.73 Å². The molecule has 0 spiro atoms. The number of benzene rings is 1. The molecule has 0 aliphatic rings. The van der Waals surface area contributed by atoms with E-state index in [-0.39, 0.29) is 11.3 Å². The Morgan fingerprint density at radius 1 is 1.50 bits per heavy atom. The van der Waals surface area contributed by atoms with Crippen LogP contribution in [0.15, 0.2) is 18.2 Å². The number of carbonyl (C=O) groups excluding carboxylic acids is 1. The summed E-state index contributed by atoms with van der Waals surface area (Å²) in [5.41, 5.74) is 4.14. The van der Waals surface area contributed by atoms with Gasteiger partial charge in [-0.2, -0.15) is 0 Å². The molecule has 0 aliphatic carbocycles. The van der Waals surface area contributed by atoms with E-state index in [4.69, 9.17) is 10.5 Å². The molecule has 98 valence electrons. The van der Waals surface area contributed by atoms with Crippen molar-refractivity contribution in [3.05, 3.63) is 33.9 Å². The number of primary amides is 1. The van der Waals surface area contributed by atoms with E-state index in [0.717, 1.165) is 12.1 Å². The highest BCUT2D eigenvalue weighted by molar-refractivity contribution is 5.79. The highest BCUT2D eigenvalue weighted by Crippen LogP contribution is 2.30.